The van der Waals surface area contributed by atoms with Crippen LogP contribution in [0.15, 0.2) is 66.9 Å². The molecule has 0 fully saturated rings. The van der Waals surface area contributed by atoms with Gasteiger partial charge < -0.3 is 24.3 Å². The van der Waals surface area contributed by atoms with E-state index in [1.54, 1.807) is 37.6 Å². The second-order valence-electron chi connectivity index (χ2n) is 6.49. The Balaban J connectivity index is 1.57. The number of amides is 1. The van der Waals surface area contributed by atoms with Gasteiger partial charge in [0.25, 0.3) is 5.91 Å². The summed E-state index contributed by atoms with van der Waals surface area (Å²) in [4.78, 5) is 16.6. The largest absolute Gasteiger partial charge is 0.490 e. The van der Waals surface area contributed by atoms with Gasteiger partial charge in [-0.25, -0.2) is 4.98 Å². The molecule has 0 radical (unpaired) electrons. The molecular formula is C24H26N2O5. The third kappa shape index (κ3) is 6.64. The first-order valence-electron chi connectivity index (χ1n) is 10.0. The molecule has 3 aromatic rings. The van der Waals surface area contributed by atoms with Gasteiger partial charge in [-0.1, -0.05) is 18.2 Å². The van der Waals surface area contributed by atoms with Crippen molar-refractivity contribution in [3.05, 3.63) is 78.0 Å². The Bertz CT molecular complexity index is 979. The van der Waals surface area contributed by atoms with Gasteiger partial charge in [0.2, 0.25) is 5.88 Å². The van der Waals surface area contributed by atoms with Crippen LogP contribution in [-0.4, -0.2) is 37.8 Å². The van der Waals surface area contributed by atoms with Crippen LogP contribution >= 0.6 is 0 Å². The SMILES string of the molecule is CCOc1cc(C(=O)NCc2ccnc(OC)c2)ccc1OCCOc1ccccc1. The Morgan fingerprint density at radius 2 is 1.74 bits per heavy atom. The van der Waals surface area contributed by atoms with Gasteiger partial charge in [-0.2, -0.15) is 0 Å². The molecular weight excluding hydrogens is 396 g/mol. The fourth-order valence-electron chi connectivity index (χ4n) is 2.82. The standard InChI is InChI=1S/C24H26N2O5/c1-3-29-22-16-19(24(27)26-17-18-11-12-25-23(15-18)28-2)9-10-21(22)31-14-13-30-20-7-5-4-6-8-20/h4-12,15-16H,3,13-14,17H2,1-2H3,(H,26,27). The van der Waals surface area contributed by atoms with Crippen molar-refractivity contribution in [2.45, 2.75) is 13.5 Å². The zero-order valence-electron chi connectivity index (χ0n) is 17.7. The number of carbonyl (C=O) groups excluding carboxylic acids is 1. The van der Waals surface area contributed by atoms with Crippen molar-refractivity contribution in [3.8, 4) is 23.1 Å². The molecule has 31 heavy (non-hydrogen) atoms. The van der Waals surface area contributed by atoms with Gasteiger partial charge in [0.15, 0.2) is 11.5 Å². The summed E-state index contributed by atoms with van der Waals surface area (Å²) in [6, 6.07) is 18.3. The predicted molar refractivity (Wildman–Crippen MR) is 117 cm³/mol. The summed E-state index contributed by atoms with van der Waals surface area (Å²) in [6.45, 7) is 3.44. The molecule has 7 nitrogen and oxygen atoms in total. The maximum atomic E-state index is 12.6. The molecule has 0 aliphatic rings. The van der Waals surface area contributed by atoms with Gasteiger partial charge in [0.05, 0.1) is 13.7 Å². The van der Waals surface area contributed by atoms with Crippen LogP contribution in [0.4, 0.5) is 0 Å². The number of para-hydroxylation sites is 1. The first-order chi connectivity index (χ1) is 15.2. The Labute approximate surface area is 181 Å². The monoisotopic (exact) mass is 422 g/mol. The van der Waals surface area contributed by atoms with Crippen molar-refractivity contribution in [1.29, 1.82) is 0 Å². The Kier molecular flexibility index (Phi) is 8.11. The lowest BCUT2D eigenvalue weighted by atomic mass is 10.1. The molecule has 1 N–H and O–H groups in total. The number of pyridine rings is 1. The van der Waals surface area contributed by atoms with E-state index in [1.807, 2.05) is 43.3 Å². The van der Waals surface area contributed by atoms with E-state index in [1.165, 1.54) is 0 Å². The van der Waals surface area contributed by atoms with Crippen molar-refractivity contribution < 1.29 is 23.7 Å². The molecule has 7 heteroatoms. The number of hydrogen-bond donors (Lipinski definition) is 1. The number of benzene rings is 2. The number of aromatic nitrogens is 1. The minimum atomic E-state index is -0.212. The first kappa shape index (κ1) is 22.0. The summed E-state index contributed by atoms with van der Waals surface area (Å²) in [6.07, 6.45) is 1.64. The normalized spacial score (nSPS) is 10.3. The van der Waals surface area contributed by atoms with Crippen molar-refractivity contribution in [2.24, 2.45) is 0 Å². The molecule has 0 unspecified atom stereocenters. The van der Waals surface area contributed by atoms with Gasteiger partial charge in [0.1, 0.15) is 19.0 Å². The van der Waals surface area contributed by atoms with Crippen molar-refractivity contribution in [2.75, 3.05) is 26.9 Å². The Hall–Kier alpha value is -3.74. The van der Waals surface area contributed by atoms with Crippen LogP contribution in [0.5, 0.6) is 23.1 Å². The van der Waals surface area contributed by atoms with Crippen LogP contribution in [0.3, 0.4) is 0 Å². The van der Waals surface area contributed by atoms with Gasteiger partial charge in [-0.05, 0) is 48.9 Å². The third-order valence-electron chi connectivity index (χ3n) is 4.32. The zero-order valence-corrected chi connectivity index (χ0v) is 17.7. The number of rotatable bonds is 11. The number of carbonyl (C=O) groups is 1. The first-order valence-corrected chi connectivity index (χ1v) is 10.0. The molecule has 3 rings (SSSR count). The average molecular weight is 422 g/mol. The Morgan fingerprint density at radius 3 is 2.52 bits per heavy atom. The minimum Gasteiger partial charge on any atom is -0.490 e. The van der Waals surface area contributed by atoms with Crippen molar-refractivity contribution >= 4 is 5.91 Å². The summed E-state index contributed by atoms with van der Waals surface area (Å²) < 4.78 is 22.2. The molecule has 1 amide bonds. The van der Waals surface area contributed by atoms with E-state index in [4.69, 9.17) is 18.9 Å². The van der Waals surface area contributed by atoms with Gasteiger partial charge in [-0.3, -0.25) is 4.79 Å². The number of hydrogen-bond acceptors (Lipinski definition) is 6. The number of methoxy groups -OCH3 is 1. The summed E-state index contributed by atoms with van der Waals surface area (Å²) in [5.74, 6) is 2.16. The summed E-state index contributed by atoms with van der Waals surface area (Å²) in [5, 5.41) is 2.89. The molecule has 1 aromatic heterocycles. The summed E-state index contributed by atoms with van der Waals surface area (Å²) in [5.41, 5.74) is 1.38. The average Bonchev–Trinajstić information content (AvgIpc) is 2.82. The van der Waals surface area contributed by atoms with Gasteiger partial charge >= 0.3 is 0 Å². The molecule has 0 saturated heterocycles. The van der Waals surface area contributed by atoms with Crippen LogP contribution in [0.2, 0.25) is 0 Å². The molecule has 1 heterocycles. The molecule has 0 spiro atoms. The lowest BCUT2D eigenvalue weighted by Crippen LogP contribution is -2.23. The van der Waals surface area contributed by atoms with Crippen molar-refractivity contribution in [1.82, 2.24) is 10.3 Å². The van der Waals surface area contributed by atoms with E-state index in [9.17, 15) is 4.79 Å². The van der Waals surface area contributed by atoms with Gasteiger partial charge in [-0.15, -0.1) is 0 Å². The topological polar surface area (TPSA) is 78.9 Å². The molecule has 162 valence electrons. The second kappa shape index (κ2) is 11.4. The highest BCUT2D eigenvalue weighted by Gasteiger charge is 2.12. The number of nitrogens with zero attached hydrogens (tertiary/aromatic N) is 1. The number of ether oxygens (including phenoxy) is 4. The smallest absolute Gasteiger partial charge is 0.251 e. The fourth-order valence-corrected chi connectivity index (χ4v) is 2.82. The van der Waals surface area contributed by atoms with Crippen LogP contribution in [0.25, 0.3) is 0 Å². The van der Waals surface area contributed by atoms with Crippen LogP contribution in [0.1, 0.15) is 22.8 Å². The maximum Gasteiger partial charge on any atom is 0.251 e. The van der Waals surface area contributed by atoms with Crippen LogP contribution in [-0.2, 0) is 6.54 Å². The number of nitrogens with one attached hydrogen (secondary N) is 1. The maximum absolute atomic E-state index is 12.6. The highest BCUT2D eigenvalue weighted by molar-refractivity contribution is 5.94. The van der Waals surface area contributed by atoms with Crippen molar-refractivity contribution in [3.63, 3.8) is 0 Å². The highest BCUT2D eigenvalue weighted by Crippen LogP contribution is 2.28. The minimum absolute atomic E-state index is 0.212. The van der Waals surface area contributed by atoms with Crippen LogP contribution < -0.4 is 24.3 Å². The Morgan fingerprint density at radius 1 is 0.935 bits per heavy atom. The molecule has 0 atom stereocenters. The predicted octanol–water partition coefficient (Wildman–Crippen LogP) is 3.88. The third-order valence-corrected chi connectivity index (χ3v) is 4.32. The fraction of sp³-hybridized carbons (Fsp3) is 0.250. The summed E-state index contributed by atoms with van der Waals surface area (Å²) in [7, 11) is 1.55. The lowest BCUT2D eigenvalue weighted by Gasteiger charge is -2.14. The molecule has 0 aliphatic heterocycles. The van der Waals surface area contributed by atoms with E-state index >= 15 is 0 Å². The molecule has 0 saturated carbocycles. The van der Waals surface area contributed by atoms with Gasteiger partial charge in [0, 0.05) is 24.4 Å². The molecule has 0 aliphatic carbocycles. The molecule has 2 aromatic carbocycles. The molecule has 0 bridgehead atoms. The van der Waals surface area contributed by atoms with Crippen LogP contribution in [0, 0.1) is 0 Å². The quantitative estimate of drug-likeness (QED) is 0.473. The van der Waals surface area contributed by atoms with E-state index in [-0.39, 0.29) is 5.91 Å². The van der Waals surface area contributed by atoms with E-state index in [0.717, 1.165) is 11.3 Å². The van der Waals surface area contributed by atoms with E-state index in [0.29, 0.717) is 49.3 Å². The zero-order chi connectivity index (χ0) is 21.9. The lowest BCUT2D eigenvalue weighted by molar-refractivity contribution is 0.0950. The summed E-state index contributed by atoms with van der Waals surface area (Å²) >= 11 is 0. The van der Waals surface area contributed by atoms with E-state index < -0.39 is 0 Å². The highest BCUT2D eigenvalue weighted by atomic mass is 16.5. The second-order valence-corrected chi connectivity index (χ2v) is 6.49. The van der Waals surface area contributed by atoms with E-state index in [2.05, 4.69) is 10.3 Å².